The molecule has 0 N–H and O–H groups in total. The monoisotopic (exact) mass is 491 g/mol. The van der Waals surface area contributed by atoms with Crippen LogP contribution >= 0.6 is 23.2 Å². The second kappa shape index (κ2) is 13.0. The number of ether oxygens (including phenoxy) is 3. The van der Waals surface area contributed by atoms with E-state index in [9.17, 15) is 4.79 Å². The van der Waals surface area contributed by atoms with Crippen molar-refractivity contribution < 1.29 is 19.0 Å². The molecule has 2 aromatic carbocycles. The van der Waals surface area contributed by atoms with Crippen molar-refractivity contribution in [3.63, 3.8) is 0 Å². The SMILES string of the molecule is CCOC(=O)C(Cc1ccc(OCCN2CC=C(c3ccc(Cl)c(Cl)c3)CC2)cc1)OCC. The quantitative estimate of drug-likeness (QED) is 0.378. The molecule has 178 valence electrons. The van der Waals surface area contributed by atoms with Gasteiger partial charge in [0.1, 0.15) is 12.4 Å². The number of hydrogen-bond donors (Lipinski definition) is 0. The summed E-state index contributed by atoms with van der Waals surface area (Å²) in [5, 5.41) is 1.17. The molecule has 0 amide bonds. The molecule has 33 heavy (non-hydrogen) atoms. The highest BCUT2D eigenvalue weighted by Gasteiger charge is 2.20. The zero-order valence-corrected chi connectivity index (χ0v) is 20.7. The molecule has 2 aromatic rings. The van der Waals surface area contributed by atoms with E-state index < -0.39 is 6.10 Å². The number of carbonyl (C=O) groups excluding carboxylic acids is 1. The van der Waals surface area contributed by atoms with Crippen LogP contribution in [0.1, 0.15) is 31.4 Å². The minimum absolute atomic E-state index is 0.322. The van der Waals surface area contributed by atoms with Crippen molar-refractivity contribution in [1.82, 2.24) is 4.90 Å². The number of nitrogens with zero attached hydrogens (tertiary/aromatic N) is 1. The van der Waals surface area contributed by atoms with Gasteiger partial charge in [0.2, 0.25) is 0 Å². The average molecular weight is 492 g/mol. The van der Waals surface area contributed by atoms with E-state index in [1.165, 1.54) is 5.57 Å². The van der Waals surface area contributed by atoms with Crippen LogP contribution in [0.15, 0.2) is 48.5 Å². The molecule has 7 heteroatoms. The fraction of sp³-hybridized carbons (Fsp3) is 0.423. The highest BCUT2D eigenvalue weighted by Crippen LogP contribution is 2.29. The van der Waals surface area contributed by atoms with Gasteiger partial charge in [-0.15, -0.1) is 0 Å². The molecule has 0 radical (unpaired) electrons. The molecular weight excluding hydrogens is 461 g/mol. The molecular formula is C26H31Cl2NO4. The molecule has 0 spiro atoms. The summed E-state index contributed by atoms with van der Waals surface area (Å²) in [5.74, 6) is 0.490. The molecule has 0 saturated carbocycles. The summed E-state index contributed by atoms with van der Waals surface area (Å²) in [5.41, 5.74) is 3.44. The summed E-state index contributed by atoms with van der Waals surface area (Å²) in [7, 11) is 0. The van der Waals surface area contributed by atoms with Crippen molar-refractivity contribution >= 4 is 34.7 Å². The minimum Gasteiger partial charge on any atom is -0.492 e. The first kappa shape index (κ1) is 25.6. The molecule has 1 heterocycles. The van der Waals surface area contributed by atoms with E-state index >= 15 is 0 Å². The Kier molecular flexibility index (Phi) is 10.1. The topological polar surface area (TPSA) is 48.0 Å². The van der Waals surface area contributed by atoms with E-state index in [4.69, 9.17) is 37.4 Å². The third-order valence-corrected chi connectivity index (χ3v) is 6.26. The van der Waals surface area contributed by atoms with Gasteiger partial charge < -0.3 is 14.2 Å². The zero-order chi connectivity index (χ0) is 23.6. The van der Waals surface area contributed by atoms with Crippen LogP contribution in [0.2, 0.25) is 10.0 Å². The highest BCUT2D eigenvalue weighted by atomic mass is 35.5. The third-order valence-electron chi connectivity index (χ3n) is 5.52. The molecule has 1 unspecified atom stereocenters. The Bertz CT molecular complexity index is 946. The molecule has 5 nitrogen and oxygen atoms in total. The first-order valence-corrected chi connectivity index (χ1v) is 12.1. The fourth-order valence-corrected chi connectivity index (χ4v) is 4.05. The molecule has 0 bridgehead atoms. The van der Waals surface area contributed by atoms with E-state index in [0.717, 1.165) is 42.9 Å². The second-order valence-corrected chi connectivity index (χ2v) is 8.62. The van der Waals surface area contributed by atoms with E-state index in [-0.39, 0.29) is 5.97 Å². The molecule has 1 aliphatic rings. The maximum Gasteiger partial charge on any atom is 0.335 e. The summed E-state index contributed by atoms with van der Waals surface area (Å²) >= 11 is 12.2. The zero-order valence-electron chi connectivity index (χ0n) is 19.2. The van der Waals surface area contributed by atoms with E-state index in [0.29, 0.717) is 36.3 Å². The van der Waals surface area contributed by atoms with Crippen molar-refractivity contribution in [3.8, 4) is 5.75 Å². The molecule has 1 atom stereocenters. The van der Waals surface area contributed by atoms with Gasteiger partial charge in [0.05, 0.1) is 16.7 Å². The summed E-state index contributed by atoms with van der Waals surface area (Å²) in [4.78, 5) is 14.4. The van der Waals surface area contributed by atoms with Gasteiger partial charge in [0.25, 0.3) is 0 Å². The lowest BCUT2D eigenvalue weighted by Crippen LogP contribution is -2.32. The van der Waals surface area contributed by atoms with Crippen molar-refractivity contribution in [2.75, 3.05) is 39.5 Å². The number of carbonyl (C=O) groups is 1. The fourth-order valence-electron chi connectivity index (χ4n) is 3.75. The van der Waals surface area contributed by atoms with Crippen LogP contribution in [0, 0.1) is 0 Å². The van der Waals surface area contributed by atoms with Crippen molar-refractivity contribution in [2.45, 2.75) is 32.8 Å². The summed E-state index contributed by atoms with van der Waals surface area (Å²) in [6.07, 6.45) is 3.11. The van der Waals surface area contributed by atoms with Crippen LogP contribution < -0.4 is 4.74 Å². The van der Waals surface area contributed by atoms with E-state index in [1.807, 2.05) is 49.4 Å². The van der Waals surface area contributed by atoms with Crippen LogP contribution in [0.25, 0.3) is 5.57 Å². The maximum absolute atomic E-state index is 12.0. The van der Waals surface area contributed by atoms with Gasteiger partial charge in [-0.05, 0) is 61.2 Å². The van der Waals surface area contributed by atoms with Crippen LogP contribution in [0.3, 0.4) is 0 Å². The van der Waals surface area contributed by atoms with Crippen LogP contribution in [-0.4, -0.2) is 56.4 Å². The lowest BCUT2D eigenvalue weighted by atomic mass is 9.99. The van der Waals surface area contributed by atoms with E-state index in [1.54, 1.807) is 6.92 Å². The molecule has 0 aromatic heterocycles. The van der Waals surface area contributed by atoms with Crippen LogP contribution in [0.5, 0.6) is 5.75 Å². The lowest BCUT2D eigenvalue weighted by Gasteiger charge is -2.26. The maximum atomic E-state index is 12.0. The average Bonchev–Trinajstić information content (AvgIpc) is 2.82. The molecule has 0 saturated heterocycles. The summed E-state index contributed by atoms with van der Waals surface area (Å²) in [6.45, 7) is 7.79. The smallest absolute Gasteiger partial charge is 0.335 e. The largest absolute Gasteiger partial charge is 0.492 e. The summed E-state index contributed by atoms with van der Waals surface area (Å²) < 4.78 is 16.6. The number of benzene rings is 2. The third kappa shape index (κ3) is 7.75. The van der Waals surface area contributed by atoms with Crippen molar-refractivity contribution in [1.29, 1.82) is 0 Å². The predicted octanol–water partition coefficient (Wildman–Crippen LogP) is 5.67. The van der Waals surface area contributed by atoms with Crippen molar-refractivity contribution in [3.05, 3.63) is 69.7 Å². The molecule has 0 aliphatic carbocycles. The van der Waals surface area contributed by atoms with Gasteiger partial charge in [0, 0.05) is 32.7 Å². The van der Waals surface area contributed by atoms with Crippen LogP contribution in [0.4, 0.5) is 0 Å². The van der Waals surface area contributed by atoms with Gasteiger partial charge >= 0.3 is 5.97 Å². The Balaban J connectivity index is 1.44. The second-order valence-electron chi connectivity index (χ2n) is 7.80. The Hall–Kier alpha value is -2.05. The first-order chi connectivity index (χ1) is 16.0. The van der Waals surface area contributed by atoms with Gasteiger partial charge in [0.15, 0.2) is 6.10 Å². The van der Waals surface area contributed by atoms with E-state index in [2.05, 4.69) is 11.0 Å². The highest BCUT2D eigenvalue weighted by molar-refractivity contribution is 6.42. The molecule has 0 fully saturated rings. The first-order valence-electron chi connectivity index (χ1n) is 11.4. The Morgan fingerprint density at radius 3 is 2.48 bits per heavy atom. The van der Waals surface area contributed by atoms with Crippen LogP contribution in [-0.2, 0) is 20.7 Å². The Labute approximate surface area is 206 Å². The number of hydrogen-bond acceptors (Lipinski definition) is 5. The molecule has 1 aliphatic heterocycles. The Morgan fingerprint density at radius 2 is 1.85 bits per heavy atom. The number of halogens is 2. The van der Waals surface area contributed by atoms with Crippen molar-refractivity contribution in [2.24, 2.45) is 0 Å². The summed E-state index contributed by atoms with van der Waals surface area (Å²) in [6, 6.07) is 13.6. The number of rotatable bonds is 11. The Morgan fingerprint density at radius 1 is 1.06 bits per heavy atom. The molecule has 3 rings (SSSR count). The lowest BCUT2D eigenvalue weighted by molar-refractivity contribution is -0.156. The van der Waals surface area contributed by atoms with Gasteiger partial charge in [-0.3, -0.25) is 4.90 Å². The van der Waals surface area contributed by atoms with Gasteiger partial charge in [-0.25, -0.2) is 4.79 Å². The number of esters is 1. The standard InChI is InChI=1S/C26H31Cl2NO4/c1-3-31-25(26(30)32-4-2)17-19-5-8-22(9-6-19)33-16-15-29-13-11-20(12-14-29)21-7-10-23(27)24(28)18-21/h5-11,18,25H,3-4,12-17H2,1-2H3. The minimum atomic E-state index is -0.581. The van der Waals surface area contributed by atoms with Gasteiger partial charge in [-0.2, -0.15) is 0 Å². The van der Waals surface area contributed by atoms with Gasteiger partial charge in [-0.1, -0.05) is 47.5 Å². The predicted molar refractivity (Wildman–Crippen MR) is 133 cm³/mol. The normalized spacial score (nSPS) is 15.1.